The molecule has 1 fully saturated rings. The van der Waals surface area contributed by atoms with Crippen molar-refractivity contribution in [3.05, 3.63) is 48.0 Å². The third-order valence-electron chi connectivity index (χ3n) is 4.24. The molecule has 1 amide bonds. The van der Waals surface area contributed by atoms with Gasteiger partial charge in [0, 0.05) is 6.54 Å². The lowest BCUT2D eigenvalue weighted by Crippen LogP contribution is -2.51. The molecule has 6 heteroatoms. The quantitative estimate of drug-likeness (QED) is 0.869. The Balaban J connectivity index is 1.54. The molecule has 0 spiro atoms. The van der Waals surface area contributed by atoms with Gasteiger partial charge in [0.05, 0.1) is 12.1 Å². The Morgan fingerprint density at radius 2 is 1.91 bits per heavy atom. The van der Waals surface area contributed by atoms with Crippen molar-refractivity contribution in [3.63, 3.8) is 0 Å². The molecule has 3 N–H and O–H groups in total. The molecule has 3 rings (SSSR count). The first-order valence-electron chi connectivity index (χ1n) is 7.63. The first kappa shape index (κ1) is 14.7. The Morgan fingerprint density at radius 3 is 2.55 bits per heavy atom. The van der Waals surface area contributed by atoms with Gasteiger partial charge in [-0.05, 0) is 24.0 Å². The van der Waals surface area contributed by atoms with Gasteiger partial charge in [0.15, 0.2) is 0 Å². The molecule has 1 aliphatic carbocycles. The molecule has 0 atom stereocenters. The van der Waals surface area contributed by atoms with Crippen molar-refractivity contribution in [2.24, 2.45) is 5.73 Å². The van der Waals surface area contributed by atoms with E-state index in [2.05, 4.69) is 15.4 Å². The molecule has 0 radical (unpaired) electrons. The van der Waals surface area contributed by atoms with Crippen LogP contribution in [0.2, 0.25) is 0 Å². The van der Waals surface area contributed by atoms with E-state index in [0.717, 1.165) is 36.8 Å². The van der Waals surface area contributed by atoms with Crippen LogP contribution in [0.5, 0.6) is 0 Å². The zero-order chi connectivity index (χ0) is 15.4. The van der Waals surface area contributed by atoms with Gasteiger partial charge in [-0.2, -0.15) is 5.10 Å². The molecule has 2 aromatic rings. The number of carbonyl (C=O) groups is 1. The number of nitrogens with one attached hydrogen (secondary N) is 1. The molecule has 0 saturated heterocycles. The van der Waals surface area contributed by atoms with Gasteiger partial charge in [-0.25, -0.2) is 9.67 Å². The highest BCUT2D eigenvalue weighted by Crippen LogP contribution is 2.27. The number of hydrogen-bond donors (Lipinski definition) is 2. The lowest BCUT2D eigenvalue weighted by Gasteiger charge is -2.22. The van der Waals surface area contributed by atoms with Gasteiger partial charge in [0.25, 0.3) is 0 Å². The SMILES string of the molecule is NC1(C(=O)NCc2ccc(Cn3cncn3)cc2)CCCC1. The molecule has 1 saturated carbocycles. The van der Waals surface area contributed by atoms with E-state index < -0.39 is 5.54 Å². The maximum absolute atomic E-state index is 12.2. The number of rotatable bonds is 5. The normalized spacial score (nSPS) is 16.6. The average Bonchev–Trinajstić information content (AvgIpc) is 3.19. The second-order valence-electron chi connectivity index (χ2n) is 5.96. The summed E-state index contributed by atoms with van der Waals surface area (Å²) < 4.78 is 1.77. The minimum absolute atomic E-state index is 0.0308. The number of aromatic nitrogens is 3. The highest BCUT2D eigenvalue weighted by molar-refractivity contribution is 5.86. The average molecular weight is 299 g/mol. The first-order valence-corrected chi connectivity index (χ1v) is 7.63. The van der Waals surface area contributed by atoms with Crippen LogP contribution in [-0.2, 0) is 17.9 Å². The summed E-state index contributed by atoms with van der Waals surface area (Å²) in [5.41, 5.74) is 7.69. The summed E-state index contributed by atoms with van der Waals surface area (Å²) in [4.78, 5) is 16.1. The third-order valence-corrected chi connectivity index (χ3v) is 4.24. The van der Waals surface area contributed by atoms with Crippen LogP contribution in [-0.4, -0.2) is 26.2 Å². The summed E-state index contributed by atoms with van der Waals surface area (Å²) in [6.07, 6.45) is 6.87. The van der Waals surface area contributed by atoms with Gasteiger partial charge in [-0.3, -0.25) is 4.79 Å². The predicted molar refractivity (Wildman–Crippen MR) is 82.8 cm³/mol. The van der Waals surface area contributed by atoms with Crippen LogP contribution in [0.1, 0.15) is 36.8 Å². The molecular formula is C16H21N5O. The van der Waals surface area contributed by atoms with Crippen molar-refractivity contribution in [2.75, 3.05) is 0 Å². The molecule has 0 aliphatic heterocycles. The Bertz CT molecular complexity index is 614. The molecule has 1 aliphatic rings. The fraction of sp³-hybridized carbons (Fsp3) is 0.438. The molecule has 1 aromatic heterocycles. The summed E-state index contributed by atoms with van der Waals surface area (Å²) in [7, 11) is 0. The Morgan fingerprint density at radius 1 is 1.23 bits per heavy atom. The van der Waals surface area contributed by atoms with Crippen molar-refractivity contribution in [1.29, 1.82) is 0 Å². The van der Waals surface area contributed by atoms with Crippen LogP contribution in [0.3, 0.4) is 0 Å². The number of amides is 1. The third kappa shape index (κ3) is 3.33. The van der Waals surface area contributed by atoms with Crippen molar-refractivity contribution in [1.82, 2.24) is 20.1 Å². The van der Waals surface area contributed by atoms with Crippen LogP contribution >= 0.6 is 0 Å². The van der Waals surface area contributed by atoms with Crippen molar-refractivity contribution < 1.29 is 4.79 Å². The van der Waals surface area contributed by atoms with E-state index in [1.54, 1.807) is 11.0 Å². The number of nitrogens with zero attached hydrogens (tertiary/aromatic N) is 3. The Labute approximate surface area is 129 Å². The molecule has 6 nitrogen and oxygen atoms in total. The van der Waals surface area contributed by atoms with E-state index in [9.17, 15) is 4.79 Å². The van der Waals surface area contributed by atoms with Gasteiger partial charge in [0.2, 0.25) is 5.91 Å². The molecule has 1 aromatic carbocycles. The number of nitrogens with two attached hydrogens (primary N) is 1. The van der Waals surface area contributed by atoms with Crippen molar-refractivity contribution in [3.8, 4) is 0 Å². The van der Waals surface area contributed by atoms with Crippen LogP contribution < -0.4 is 11.1 Å². The van der Waals surface area contributed by atoms with E-state index in [-0.39, 0.29) is 5.91 Å². The van der Waals surface area contributed by atoms with Gasteiger partial charge in [-0.15, -0.1) is 0 Å². The van der Waals surface area contributed by atoms with Crippen LogP contribution in [0.25, 0.3) is 0 Å². The largest absolute Gasteiger partial charge is 0.350 e. The highest BCUT2D eigenvalue weighted by atomic mass is 16.2. The zero-order valence-corrected chi connectivity index (χ0v) is 12.5. The fourth-order valence-corrected chi connectivity index (χ4v) is 2.86. The molecule has 1 heterocycles. The molecule has 0 unspecified atom stereocenters. The molecule has 0 bridgehead atoms. The molecule has 22 heavy (non-hydrogen) atoms. The zero-order valence-electron chi connectivity index (χ0n) is 12.5. The smallest absolute Gasteiger partial charge is 0.240 e. The summed E-state index contributed by atoms with van der Waals surface area (Å²) in [6, 6.07) is 8.11. The summed E-state index contributed by atoms with van der Waals surface area (Å²) in [5, 5.41) is 7.03. The van der Waals surface area contributed by atoms with Crippen LogP contribution in [0.4, 0.5) is 0 Å². The molecular weight excluding hydrogens is 278 g/mol. The van der Waals surface area contributed by atoms with Gasteiger partial charge in [0.1, 0.15) is 12.7 Å². The summed E-state index contributed by atoms with van der Waals surface area (Å²) >= 11 is 0. The van der Waals surface area contributed by atoms with E-state index in [1.807, 2.05) is 24.3 Å². The minimum Gasteiger partial charge on any atom is -0.350 e. The predicted octanol–water partition coefficient (Wildman–Crippen LogP) is 1.21. The maximum atomic E-state index is 12.2. The first-order chi connectivity index (χ1) is 10.7. The number of hydrogen-bond acceptors (Lipinski definition) is 4. The topological polar surface area (TPSA) is 85.8 Å². The lowest BCUT2D eigenvalue weighted by atomic mass is 9.98. The van der Waals surface area contributed by atoms with E-state index in [4.69, 9.17) is 5.73 Å². The minimum atomic E-state index is -0.660. The second-order valence-corrected chi connectivity index (χ2v) is 5.96. The van der Waals surface area contributed by atoms with Gasteiger partial charge >= 0.3 is 0 Å². The summed E-state index contributed by atoms with van der Waals surface area (Å²) in [5.74, 6) is -0.0308. The molecule has 116 valence electrons. The second kappa shape index (κ2) is 6.27. The van der Waals surface area contributed by atoms with Crippen molar-refractivity contribution >= 4 is 5.91 Å². The highest BCUT2D eigenvalue weighted by Gasteiger charge is 2.36. The van der Waals surface area contributed by atoms with Gasteiger partial charge < -0.3 is 11.1 Å². The van der Waals surface area contributed by atoms with Crippen LogP contribution in [0.15, 0.2) is 36.9 Å². The summed E-state index contributed by atoms with van der Waals surface area (Å²) in [6.45, 7) is 1.21. The standard InChI is InChI=1S/C16H21N5O/c17-16(7-1-2-8-16)15(22)19-9-13-3-5-14(6-4-13)10-21-12-18-11-20-21/h3-6,11-12H,1-2,7-10,17H2,(H,19,22). The van der Waals surface area contributed by atoms with Crippen molar-refractivity contribution in [2.45, 2.75) is 44.3 Å². The van der Waals surface area contributed by atoms with E-state index in [0.29, 0.717) is 13.1 Å². The Kier molecular flexibility index (Phi) is 4.20. The fourth-order valence-electron chi connectivity index (χ4n) is 2.86. The van der Waals surface area contributed by atoms with E-state index >= 15 is 0 Å². The number of carbonyl (C=O) groups excluding carboxylic acids is 1. The van der Waals surface area contributed by atoms with E-state index in [1.165, 1.54) is 6.33 Å². The Hall–Kier alpha value is -2.21. The lowest BCUT2D eigenvalue weighted by molar-refractivity contribution is -0.126. The van der Waals surface area contributed by atoms with Gasteiger partial charge in [-0.1, -0.05) is 37.1 Å². The monoisotopic (exact) mass is 299 g/mol. The maximum Gasteiger partial charge on any atom is 0.240 e. The number of benzene rings is 1. The van der Waals surface area contributed by atoms with Crippen LogP contribution in [0, 0.1) is 0 Å².